The minimum atomic E-state index is 0.0866. The Morgan fingerprint density at radius 2 is 1.83 bits per heavy atom. The van der Waals surface area contributed by atoms with Gasteiger partial charge in [0.15, 0.2) is 5.11 Å². The van der Waals surface area contributed by atoms with Gasteiger partial charge >= 0.3 is 0 Å². The van der Waals surface area contributed by atoms with Crippen molar-refractivity contribution in [3.8, 4) is 0 Å². The van der Waals surface area contributed by atoms with Crippen LogP contribution in [0.1, 0.15) is 29.2 Å². The molecule has 1 heterocycles. The number of thiocarbonyl (C=S) groups is 1. The lowest BCUT2D eigenvalue weighted by Crippen LogP contribution is -2.34. The molecule has 3 nitrogen and oxygen atoms in total. The van der Waals surface area contributed by atoms with Crippen LogP contribution in [0.4, 0.5) is 0 Å². The van der Waals surface area contributed by atoms with Gasteiger partial charge in [-0.15, -0.1) is 0 Å². The first-order valence-electron chi connectivity index (χ1n) is 7.49. The molecule has 1 atom stereocenters. The van der Waals surface area contributed by atoms with Gasteiger partial charge in [-0.25, -0.2) is 5.01 Å². The first-order valence-corrected chi connectivity index (χ1v) is 8.28. The Labute approximate surface area is 147 Å². The van der Waals surface area contributed by atoms with Crippen LogP contribution in [0, 0.1) is 6.92 Å². The summed E-state index contributed by atoms with van der Waals surface area (Å²) >= 11 is 11.4. The number of hydrazone groups is 1. The van der Waals surface area contributed by atoms with E-state index in [1.165, 1.54) is 5.56 Å². The number of rotatable bonds is 2. The zero-order valence-corrected chi connectivity index (χ0v) is 14.7. The van der Waals surface area contributed by atoms with Crippen LogP contribution >= 0.6 is 23.8 Å². The van der Waals surface area contributed by atoms with Gasteiger partial charge in [0.05, 0.1) is 11.8 Å². The Morgan fingerprint density at radius 1 is 1.17 bits per heavy atom. The van der Waals surface area contributed by atoms with E-state index >= 15 is 0 Å². The molecule has 1 aliphatic heterocycles. The van der Waals surface area contributed by atoms with Crippen LogP contribution < -0.4 is 5.32 Å². The summed E-state index contributed by atoms with van der Waals surface area (Å²) in [6.45, 7) is 2.08. The van der Waals surface area contributed by atoms with E-state index in [0.29, 0.717) is 5.11 Å². The second-order valence-corrected chi connectivity index (χ2v) is 6.41. The fourth-order valence-corrected chi connectivity index (χ4v) is 2.97. The molecule has 5 heteroatoms. The third-order valence-electron chi connectivity index (χ3n) is 3.97. The maximum absolute atomic E-state index is 6.00. The summed E-state index contributed by atoms with van der Waals surface area (Å²) in [6, 6.07) is 16.4. The molecule has 2 aromatic carbocycles. The Hall–Kier alpha value is -1.91. The number of hydrogen-bond donors (Lipinski definition) is 1. The summed E-state index contributed by atoms with van der Waals surface area (Å²) in [5.41, 5.74) is 4.57. The lowest BCUT2D eigenvalue weighted by molar-refractivity contribution is 0.367. The Morgan fingerprint density at radius 3 is 2.43 bits per heavy atom. The highest BCUT2D eigenvalue weighted by Crippen LogP contribution is 2.33. The molecule has 3 rings (SSSR count). The van der Waals surface area contributed by atoms with Gasteiger partial charge in [-0.1, -0.05) is 53.6 Å². The van der Waals surface area contributed by atoms with Gasteiger partial charge in [0.1, 0.15) is 0 Å². The zero-order valence-electron chi connectivity index (χ0n) is 13.1. The average molecular weight is 344 g/mol. The molecule has 0 fully saturated rings. The number of aryl methyl sites for hydroxylation is 1. The van der Waals surface area contributed by atoms with Gasteiger partial charge in [0, 0.05) is 18.5 Å². The molecule has 0 bridgehead atoms. The minimum absolute atomic E-state index is 0.0866. The Balaban J connectivity index is 1.93. The van der Waals surface area contributed by atoms with Gasteiger partial charge in [-0.05, 0) is 42.4 Å². The molecule has 0 aliphatic carbocycles. The van der Waals surface area contributed by atoms with Crippen molar-refractivity contribution < 1.29 is 0 Å². The monoisotopic (exact) mass is 343 g/mol. The number of hydrogen-bond acceptors (Lipinski definition) is 2. The van der Waals surface area contributed by atoms with Gasteiger partial charge in [-0.3, -0.25) is 0 Å². The van der Waals surface area contributed by atoms with Crippen LogP contribution in [-0.2, 0) is 0 Å². The highest BCUT2D eigenvalue weighted by atomic mass is 35.5. The standard InChI is InChI=1S/C18H18ClN3S/c1-12-3-5-13(6-4-12)16-11-17(22(21-16)18(23)20-2)14-7-9-15(19)10-8-14/h3-10,17H,11H2,1-2H3,(H,20,23)/t17-/m0/s1. The maximum atomic E-state index is 6.00. The fourth-order valence-electron chi connectivity index (χ4n) is 2.68. The highest BCUT2D eigenvalue weighted by Gasteiger charge is 2.30. The predicted octanol–water partition coefficient (Wildman–Crippen LogP) is 4.30. The molecule has 0 radical (unpaired) electrons. The van der Waals surface area contributed by atoms with E-state index in [1.807, 2.05) is 36.3 Å². The first kappa shape index (κ1) is 16.0. The summed E-state index contributed by atoms with van der Waals surface area (Å²) in [5, 5.41) is 11.0. The number of nitrogens with zero attached hydrogens (tertiary/aromatic N) is 2. The van der Waals surface area contributed by atoms with Gasteiger partial charge in [-0.2, -0.15) is 5.10 Å². The minimum Gasteiger partial charge on any atom is -0.364 e. The lowest BCUT2D eigenvalue weighted by Gasteiger charge is -2.23. The van der Waals surface area contributed by atoms with E-state index in [1.54, 1.807) is 0 Å². The summed E-state index contributed by atoms with van der Waals surface area (Å²) in [6.07, 6.45) is 0.812. The summed E-state index contributed by atoms with van der Waals surface area (Å²) in [4.78, 5) is 0. The topological polar surface area (TPSA) is 27.6 Å². The van der Waals surface area contributed by atoms with Crippen molar-refractivity contribution in [2.45, 2.75) is 19.4 Å². The molecule has 118 valence electrons. The van der Waals surface area contributed by atoms with Crippen molar-refractivity contribution >= 4 is 34.6 Å². The molecular weight excluding hydrogens is 326 g/mol. The maximum Gasteiger partial charge on any atom is 0.189 e. The molecule has 0 unspecified atom stereocenters. The van der Waals surface area contributed by atoms with Crippen molar-refractivity contribution in [1.82, 2.24) is 10.3 Å². The van der Waals surface area contributed by atoms with Crippen molar-refractivity contribution in [3.63, 3.8) is 0 Å². The molecule has 0 amide bonds. The second kappa shape index (κ2) is 6.69. The Kier molecular flexibility index (Phi) is 4.64. The van der Waals surface area contributed by atoms with Crippen molar-refractivity contribution in [1.29, 1.82) is 0 Å². The summed E-state index contributed by atoms with van der Waals surface area (Å²) in [5.74, 6) is 0. The highest BCUT2D eigenvalue weighted by molar-refractivity contribution is 7.80. The molecule has 1 N–H and O–H groups in total. The SMILES string of the molecule is CNC(=S)N1N=C(c2ccc(C)cc2)C[C@H]1c1ccc(Cl)cc1. The molecule has 0 saturated heterocycles. The molecule has 0 saturated carbocycles. The average Bonchev–Trinajstić information content (AvgIpc) is 3.00. The fraction of sp³-hybridized carbons (Fsp3) is 0.222. The number of halogens is 1. The van der Waals surface area contributed by atoms with Gasteiger partial charge in [0.25, 0.3) is 0 Å². The number of benzene rings is 2. The van der Waals surface area contributed by atoms with Crippen LogP contribution in [0.3, 0.4) is 0 Å². The largest absolute Gasteiger partial charge is 0.364 e. The lowest BCUT2D eigenvalue weighted by atomic mass is 9.98. The molecule has 2 aromatic rings. The van der Waals surface area contributed by atoms with Crippen LogP contribution in [0.15, 0.2) is 53.6 Å². The van der Waals surface area contributed by atoms with E-state index in [2.05, 4.69) is 36.5 Å². The van der Waals surface area contributed by atoms with E-state index in [9.17, 15) is 0 Å². The normalized spacial score (nSPS) is 17.1. The third-order valence-corrected chi connectivity index (χ3v) is 4.62. The Bertz CT molecular complexity index is 738. The first-order chi connectivity index (χ1) is 11.1. The van der Waals surface area contributed by atoms with Gasteiger partial charge < -0.3 is 5.32 Å². The van der Waals surface area contributed by atoms with Crippen molar-refractivity contribution in [2.75, 3.05) is 7.05 Å². The van der Waals surface area contributed by atoms with Crippen LogP contribution in [0.25, 0.3) is 0 Å². The van der Waals surface area contributed by atoms with E-state index in [-0.39, 0.29) is 6.04 Å². The van der Waals surface area contributed by atoms with Crippen LogP contribution in [0.5, 0.6) is 0 Å². The third kappa shape index (κ3) is 3.38. The molecule has 1 aliphatic rings. The van der Waals surface area contributed by atoms with E-state index in [0.717, 1.165) is 28.3 Å². The van der Waals surface area contributed by atoms with E-state index in [4.69, 9.17) is 28.9 Å². The van der Waals surface area contributed by atoms with Gasteiger partial charge in [0.2, 0.25) is 0 Å². The molecule has 23 heavy (non-hydrogen) atoms. The van der Waals surface area contributed by atoms with Crippen molar-refractivity contribution in [2.24, 2.45) is 5.10 Å². The van der Waals surface area contributed by atoms with E-state index < -0.39 is 0 Å². The van der Waals surface area contributed by atoms with Crippen LogP contribution in [0.2, 0.25) is 5.02 Å². The predicted molar refractivity (Wildman–Crippen MR) is 100 cm³/mol. The second-order valence-electron chi connectivity index (χ2n) is 5.58. The molecule has 0 aromatic heterocycles. The quantitative estimate of drug-likeness (QED) is 0.824. The van der Waals surface area contributed by atoms with Crippen molar-refractivity contribution in [3.05, 3.63) is 70.2 Å². The zero-order chi connectivity index (χ0) is 16.4. The smallest absolute Gasteiger partial charge is 0.189 e. The van der Waals surface area contributed by atoms with Crippen LogP contribution in [-0.4, -0.2) is 22.9 Å². The molecule has 0 spiro atoms. The summed E-state index contributed by atoms with van der Waals surface area (Å²) < 4.78 is 0. The summed E-state index contributed by atoms with van der Waals surface area (Å²) in [7, 11) is 1.82. The number of nitrogens with one attached hydrogen (secondary N) is 1. The molecular formula is C18H18ClN3S.